The van der Waals surface area contributed by atoms with E-state index in [4.69, 9.17) is 19.9 Å². The number of hydrogen-bond acceptors (Lipinski definition) is 4. The quantitative estimate of drug-likeness (QED) is 0.875. The molecule has 112 valence electrons. The van der Waals surface area contributed by atoms with Crippen LogP contribution in [0.5, 0.6) is 23.0 Å². The lowest BCUT2D eigenvalue weighted by molar-refractivity contribution is 0.386. The molecule has 2 aromatic rings. The lowest BCUT2D eigenvalue weighted by atomic mass is 10.1. The second kappa shape index (κ2) is 6.99. The van der Waals surface area contributed by atoms with Gasteiger partial charge in [0.05, 0.1) is 14.2 Å². The molecule has 0 aromatic heterocycles. The monoisotopic (exact) mass is 287 g/mol. The van der Waals surface area contributed by atoms with Gasteiger partial charge in [0.25, 0.3) is 0 Å². The average molecular weight is 287 g/mol. The first-order valence-electron chi connectivity index (χ1n) is 6.92. The zero-order valence-electron chi connectivity index (χ0n) is 12.6. The number of rotatable bonds is 6. The molecule has 2 rings (SSSR count). The van der Waals surface area contributed by atoms with E-state index in [0.29, 0.717) is 17.2 Å². The van der Waals surface area contributed by atoms with Crippen molar-refractivity contribution in [1.82, 2.24) is 0 Å². The summed E-state index contributed by atoms with van der Waals surface area (Å²) in [4.78, 5) is 0. The van der Waals surface area contributed by atoms with Crippen molar-refractivity contribution in [2.24, 2.45) is 5.73 Å². The average Bonchev–Trinajstić information content (AvgIpc) is 2.54. The molecule has 2 N–H and O–H groups in total. The van der Waals surface area contributed by atoms with Crippen molar-refractivity contribution >= 4 is 0 Å². The zero-order valence-corrected chi connectivity index (χ0v) is 12.6. The highest BCUT2D eigenvalue weighted by Gasteiger charge is 2.06. The Morgan fingerprint density at radius 2 is 1.38 bits per heavy atom. The second-order valence-electron chi connectivity index (χ2n) is 4.73. The summed E-state index contributed by atoms with van der Waals surface area (Å²) in [6.07, 6.45) is 0.910. The van der Waals surface area contributed by atoms with Crippen LogP contribution >= 0.6 is 0 Å². The van der Waals surface area contributed by atoms with E-state index in [2.05, 4.69) is 6.92 Å². The van der Waals surface area contributed by atoms with Gasteiger partial charge in [-0.3, -0.25) is 0 Å². The minimum Gasteiger partial charge on any atom is -0.496 e. The van der Waals surface area contributed by atoms with Crippen molar-refractivity contribution < 1.29 is 14.2 Å². The molecular formula is C17H21NO3. The first kappa shape index (κ1) is 15.2. The van der Waals surface area contributed by atoms with Gasteiger partial charge in [-0.2, -0.15) is 0 Å². The summed E-state index contributed by atoms with van der Waals surface area (Å²) >= 11 is 0. The molecule has 2 aromatic carbocycles. The van der Waals surface area contributed by atoms with Gasteiger partial charge in [0.1, 0.15) is 23.0 Å². The lowest BCUT2D eigenvalue weighted by Gasteiger charge is -2.12. The van der Waals surface area contributed by atoms with E-state index in [-0.39, 0.29) is 6.04 Å². The molecule has 0 unspecified atom stereocenters. The molecular weight excluding hydrogens is 266 g/mol. The Hall–Kier alpha value is -2.20. The smallest absolute Gasteiger partial charge is 0.134 e. The van der Waals surface area contributed by atoms with Gasteiger partial charge in [0, 0.05) is 24.2 Å². The van der Waals surface area contributed by atoms with E-state index >= 15 is 0 Å². The number of benzene rings is 2. The summed E-state index contributed by atoms with van der Waals surface area (Å²) in [6.45, 7) is 2.07. The zero-order chi connectivity index (χ0) is 15.2. The van der Waals surface area contributed by atoms with Crippen LogP contribution < -0.4 is 19.9 Å². The molecule has 4 heteroatoms. The van der Waals surface area contributed by atoms with Crippen LogP contribution in [-0.2, 0) is 0 Å². The maximum atomic E-state index is 6.00. The Kier molecular flexibility index (Phi) is 5.06. The lowest BCUT2D eigenvalue weighted by Crippen LogP contribution is -2.07. The number of hydrogen-bond donors (Lipinski definition) is 1. The van der Waals surface area contributed by atoms with E-state index in [1.807, 2.05) is 36.4 Å². The van der Waals surface area contributed by atoms with Gasteiger partial charge in [0.15, 0.2) is 0 Å². The largest absolute Gasteiger partial charge is 0.496 e. The van der Waals surface area contributed by atoms with Gasteiger partial charge in [-0.1, -0.05) is 19.1 Å². The molecule has 0 saturated carbocycles. The van der Waals surface area contributed by atoms with E-state index in [1.54, 1.807) is 20.3 Å². The Morgan fingerprint density at radius 3 is 1.86 bits per heavy atom. The third-order valence-corrected chi connectivity index (χ3v) is 3.31. The fourth-order valence-electron chi connectivity index (χ4n) is 2.00. The number of methoxy groups -OCH3 is 2. The minimum atomic E-state index is 0.0657. The van der Waals surface area contributed by atoms with Gasteiger partial charge in [0.2, 0.25) is 0 Å². The number of ether oxygens (including phenoxy) is 3. The van der Waals surface area contributed by atoms with Gasteiger partial charge in [-0.25, -0.2) is 0 Å². The fraction of sp³-hybridized carbons (Fsp3) is 0.294. The summed E-state index contributed by atoms with van der Waals surface area (Å²) in [5, 5.41) is 0. The van der Waals surface area contributed by atoms with Crippen LogP contribution in [-0.4, -0.2) is 14.2 Å². The Balaban J connectivity index is 2.17. The third-order valence-electron chi connectivity index (χ3n) is 3.31. The molecule has 0 heterocycles. The van der Waals surface area contributed by atoms with E-state index in [9.17, 15) is 0 Å². The highest BCUT2D eigenvalue weighted by molar-refractivity contribution is 5.44. The van der Waals surface area contributed by atoms with Gasteiger partial charge >= 0.3 is 0 Å². The predicted molar refractivity (Wildman–Crippen MR) is 83.3 cm³/mol. The SMILES string of the molecule is CC[C@@H](N)c1ccc(Oc2cc(OC)cc(OC)c2)cc1. The van der Waals surface area contributed by atoms with Crippen LogP contribution in [0.25, 0.3) is 0 Å². The van der Waals surface area contributed by atoms with Crippen LogP contribution in [0.1, 0.15) is 24.9 Å². The topological polar surface area (TPSA) is 53.7 Å². The molecule has 1 atom stereocenters. The van der Waals surface area contributed by atoms with Crippen LogP contribution in [0.3, 0.4) is 0 Å². The van der Waals surface area contributed by atoms with Crippen molar-refractivity contribution in [2.75, 3.05) is 14.2 Å². The van der Waals surface area contributed by atoms with Gasteiger partial charge < -0.3 is 19.9 Å². The molecule has 0 aliphatic carbocycles. The van der Waals surface area contributed by atoms with E-state index in [0.717, 1.165) is 17.7 Å². The molecule has 0 amide bonds. The number of nitrogens with two attached hydrogens (primary N) is 1. The fourth-order valence-corrected chi connectivity index (χ4v) is 2.00. The molecule has 0 aliphatic heterocycles. The molecule has 0 bridgehead atoms. The Morgan fingerprint density at radius 1 is 0.857 bits per heavy atom. The van der Waals surface area contributed by atoms with Crippen LogP contribution in [0, 0.1) is 0 Å². The Bertz CT molecular complexity index is 559. The molecule has 0 fully saturated rings. The van der Waals surface area contributed by atoms with Crippen molar-refractivity contribution in [3.63, 3.8) is 0 Å². The normalized spacial score (nSPS) is 11.8. The van der Waals surface area contributed by atoms with Crippen LogP contribution in [0.2, 0.25) is 0 Å². The van der Waals surface area contributed by atoms with Crippen molar-refractivity contribution in [2.45, 2.75) is 19.4 Å². The van der Waals surface area contributed by atoms with Crippen LogP contribution in [0.15, 0.2) is 42.5 Å². The van der Waals surface area contributed by atoms with Gasteiger partial charge in [-0.05, 0) is 24.1 Å². The standard InChI is InChI=1S/C17H21NO3/c1-4-17(18)12-5-7-13(8-6-12)21-16-10-14(19-2)9-15(11-16)20-3/h5-11,17H,4,18H2,1-3H3/t17-/m1/s1. The maximum Gasteiger partial charge on any atom is 0.134 e. The van der Waals surface area contributed by atoms with E-state index < -0.39 is 0 Å². The molecule has 21 heavy (non-hydrogen) atoms. The highest BCUT2D eigenvalue weighted by atomic mass is 16.5. The molecule has 4 nitrogen and oxygen atoms in total. The maximum absolute atomic E-state index is 6.00. The van der Waals surface area contributed by atoms with Crippen molar-refractivity contribution in [3.8, 4) is 23.0 Å². The van der Waals surface area contributed by atoms with Crippen molar-refractivity contribution in [3.05, 3.63) is 48.0 Å². The summed E-state index contributed by atoms with van der Waals surface area (Å²) in [5.74, 6) is 2.79. The summed E-state index contributed by atoms with van der Waals surface area (Å²) in [7, 11) is 3.22. The summed E-state index contributed by atoms with van der Waals surface area (Å²) < 4.78 is 16.3. The van der Waals surface area contributed by atoms with E-state index in [1.165, 1.54) is 0 Å². The summed E-state index contributed by atoms with van der Waals surface area (Å²) in [6, 6.07) is 13.3. The third kappa shape index (κ3) is 3.89. The predicted octanol–water partition coefficient (Wildman–Crippen LogP) is 3.91. The molecule has 0 radical (unpaired) electrons. The highest BCUT2D eigenvalue weighted by Crippen LogP contribution is 2.31. The van der Waals surface area contributed by atoms with Crippen LogP contribution in [0.4, 0.5) is 0 Å². The molecule has 0 spiro atoms. The molecule has 0 saturated heterocycles. The first-order chi connectivity index (χ1) is 10.2. The van der Waals surface area contributed by atoms with Gasteiger partial charge in [-0.15, -0.1) is 0 Å². The van der Waals surface area contributed by atoms with Crippen molar-refractivity contribution in [1.29, 1.82) is 0 Å². The first-order valence-corrected chi connectivity index (χ1v) is 6.92. The molecule has 0 aliphatic rings. The Labute approximate surface area is 125 Å². The second-order valence-corrected chi connectivity index (χ2v) is 4.73. The minimum absolute atomic E-state index is 0.0657. The summed E-state index contributed by atoms with van der Waals surface area (Å²) in [5.41, 5.74) is 7.10.